The Morgan fingerprint density at radius 2 is 1.88 bits per heavy atom. The molecule has 188 valence electrons. The number of hydrogen-bond donors (Lipinski definition) is 3. The second kappa shape index (κ2) is 10.7. The molecular weight excluding hydrogens is 513 g/mol. The molecule has 0 aliphatic heterocycles. The van der Waals surface area contributed by atoms with Gasteiger partial charge in [-0.05, 0) is 44.4 Å². The molecule has 0 saturated heterocycles. The highest BCUT2D eigenvalue weighted by molar-refractivity contribution is 7.51. The molecule has 2 aromatic rings. The molecule has 0 aliphatic carbocycles. The van der Waals surface area contributed by atoms with Crippen molar-refractivity contribution >= 4 is 42.6 Å². The maximum atomic E-state index is 15.2. The molecular formula is C21H26Cl2FN2O7P. The van der Waals surface area contributed by atoms with Gasteiger partial charge in [-0.3, -0.25) is 9.36 Å². The molecule has 9 nitrogen and oxygen atoms in total. The van der Waals surface area contributed by atoms with Crippen LogP contribution in [0, 0.1) is 11.2 Å². The maximum absolute atomic E-state index is 15.2. The summed E-state index contributed by atoms with van der Waals surface area (Å²) in [4.78, 5) is 35.4. The average molecular weight is 539 g/mol. The number of nitrogens with zero attached hydrogens (tertiary/aromatic N) is 2. The molecule has 13 heteroatoms. The van der Waals surface area contributed by atoms with Gasteiger partial charge in [0.15, 0.2) is 40.8 Å². The number of phenols is 1. The van der Waals surface area contributed by atoms with E-state index >= 15 is 4.39 Å². The molecule has 0 unspecified atom stereocenters. The SMILES string of the molecule is CC(C)c1ccc(Oc2c(Cl)nc(N(COC(=O)C(C)(C)C)CP(=O)(O)O)c(F)c2Cl)c(O)c1. The Kier molecular flexibility index (Phi) is 8.82. The molecule has 1 aromatic carbocycles. The Morgan fingerprint density at radius 3 is 2.38 bits per heavy atom. The normalized spacial score (nSPS) is 12.1. The number of hydrogen-bond acceptors (Lipinski definition) is 7. The molecule has 0 saturated carbocycles. The summed E-state index contributed by atoms with van der Waals surface area (Å²) in [5.41, 5.74) is -0.0838. The highest BCUT2D eigenvalue weighted by atomic mass is 35.5. The average Bonchev–Trinajstić information content (AvgIpc) is 2.70. The third-order valence-corrected chi connectivity index (χ3v) is 5.76. The second-order valence-corrected chi connectivity index (χ2v) is 11.2. The molecule has 0 amide bonds. The van der Waals surface area contributed by atoms with Crippen molar-refractivity contribution in [2.24, 2.45) is 5.41 Å². The summed E-state index contributed by atoms with van der Waals surface area (Å²) in [5.74, 6) is -3.15. The van der Waals surface area contributed by atoms with Crippen LogP contribution in [0.3, 0.4) is 0 Å². The van der Waals surface area contributed by atoms with Crippen LogP contribution in [0.25, 0.3) is 0 Å². The van der Waals surface area contributed by atoms with Crippen LogP contribution < -0.4 is 9.64 Å². The number of carbonyl (C=O) groups is 1. The van der Waals surface area contributed by atoms with Crippen molar-refractivity contribution in [1.29, 1.82) is 0 Å². The van der Waals surface area contributed by atoms with E-state index < -0.39 is 59.6 Å². The molecule has 0 fully saturated rings. The topological polar surface area (TPSA) is 129 Å². The van der Waals surface area contributed by atoms with Gasteiger partial charge in [-0.1, -0.05) is 43.1 Å². The molecule has 3 N–H and O–H groups in total. The van der Waals surface area contributed by atoms with E-state index in [0.29, 0.717) is 4.90 Å². The molecule has 0 bridgehead atoms. The number of esters is 1. The van der Waals surface area contributed by atoms with Crippen LogP contribution in [0.1, 0.15) is 46.1 Å². The fourth-order valence-corrected chi connectivity index (χ4v) is 3.75. The number of benzene rings is 1. The number of carbonyl (C=O) groups excluding carboxylic acids is 1. The van der Waals surface area contributed by atoms with Crippen LogP contribution in [0.2, 0.25) is 10.2 Å². The van der Waals surface area contributed by atoms with Crippen LogP contribution in [-0.4, -0.2) is 38.9 Å². The number of halogens is 3. The second-order valence-electron chi connectivity index (χ2n) is 8.82. The third-order valence-electron chi connectivity index (χ3n) is 4.46. The van der Waals surface area contributed by atoms with Crippen molar-refractivity contribution in [2.75, 3.05) is 17.9 Å². The van der Waals surface area contributed by atoms with Crippen molar-refractivity contribution in [1.82, 2.24) is 4.98 Å². The minimum atomic E-state index is -4.75. The van der Waals surface area contributed by atoms with Gasteiger partial charge in [0.25, 0.3) is 0 Å². The van der Waals surface area contributed by atoms with Crippen LogP contribution in [-0.2, 0) is 14.1 Å². The van der Waals surface area contributed by atoms with Gasteiger partial charge in [0.1, 0.15) is 11.3 Å². The van der Waals surface area contributed by atoms with Gasteiger partial charge in [0.05, 0.1) is 5.41 Å². The lowest BCUT2D eigenvalue weighted by Crippen LogP contribution is -2.34. The number of ether oxygens (including phenoxy) is 2. The summed E-state index contributed by atoms with van der Waals surface area (Å²) in [6.45, 7) is 7.86. The van der Waals surface area contributed by atoms with Crippen LogP contribution in [0.4, 0.5) is 10.2 Å². The minimum Gasteiger partial charge on any atom is -0.504 e. The first-order chi connectivity index (χ1) is 15.5. The van der Waals surface area contributed by atoms with Crippen molar-refractivity contribution in [2.45, 2.75) is 40.5 Å². The van der Waals surface area contributed by atoms with Crippen LogP contribution in [0.15, 0.2) is 18.2 Å². The first-order valence-electron chi connectivity index (χ1n) is 10.0. The lowest BCUT2D eigenvalue weighted by atomic mass is 9.98. The molecule has 1 heterocycles. The Bertz CT molecular complexity index is 1120. The monoisotopic (exact) mass is 538 g/mol. The summed E-state index contributed by atoms with van der Waals surface area (Å²) < 4.78 is 37.3. The van der Waals surface area contributed by atoms with Gasteiger partial charge in [0.2, 0.25) is 0 Å². The van der Waals surface area contributed by atoms with E-state index in [-0.39, 0.29) is 17.4 Å². The summed E-state index contributed by atoms with van der Waals surface area (Å²) in [5, 5.41) is 9.14. The fourth-order valence-electron chi connectivity index (χ4n) is 2.61. The summed E-state index contributed by atoms with van der Waals surface area (Å²) in [6.07, 6.45) is -1.03. The number of pyridine rings is 1. The Balaban J connectivity index is 2.43. The van der Waals surface area contributed by atoms with Crippen molar-refractivity contribution in [3.05, 3.63) is 39.8 Å². The Morgan fingerprint density at radius 1 is 1.26 bits per heavy atom. The van der Waals surface area contributed by atoms with Gasteiger partial charge in [0, 0.05) is 0 Å². The zero-order valence-corrected chi connectivity index (χ0v) is 21.6. The third kappa shape index (κ3) is 7.20. The molecule has 0 spiro atoms. The molecule has 2 rings (SSSR count). The van der Waals surface area contributed by atoms with Crippen molar-refractivity contribution in [3.8, 4) is 17.2 Å². The molecule has 0 aliphatic rings. The highest BCUT2D eigenvalue weighted by Gasteiger charge is 2.30. The van der Waals surface area contributed by atoms with Gasteiger partial charge >= 0.3 is 13.6 Å². The standard InChI is InChI=1S/C21H26Cl2FN2O7P/c1-11(2)12-6-7-14(13(27)8-12)33-17-15(22)16(24)19(25-18(17)23)26(10-34(29,30)31)9-32-20(28)21(3,4)5/h6-8,11,27H,9-10H2,1-5H3,(H2,29,30,31). The summed E-state index contributed by atoms with van der Waals surface area (Å²) in [6, 6.07) is 4.63. The van der Waals surface area contributed by atoms with Gasteiger partial charge in [-0.15, -0.1) is 0 Å². The molecule has 1 aromatic heterocycles. The van der Waals surface area contributed by atoms with E-state index in [1.165, 1.54) is 12.1 Å². The number of aromatic hydroxyl groups is 1. The number of rotatable bonds is 8. The predicted molar refractivity (Wildman–Crippen MR) is 126 cm³/mol. The van der Waals surface area contributed by atoms with Crippen LogP contribution >= 0.6 is 30.8 Å². The molecule has 0 atom stereocenters. The zero-order chi connectivity index (χ0) is 26.0. The predicted octanol–water partition coefficient (Wildman–Crippen LogP) is 5.64. The van der Waals surface area contributed by atoms with Gasteiger partial charge in [-0.2, -0.15) is 0 Å². The first-order valence-corrected chi connectivity index (χ1v) is 12.6. The number of aromatic nitrogens is 1. The summed E-state index contributed by atoms with van der Waals surface area (Å²) in [7, 11) is -4.75. The fraction of sp³-hybridized carbons (Fsp3) is 0.429. The van der Waals surface area contributed by atoms with E-state index in [4.69, 9.17) is 32.7 Å². The Labute approximate surface area is 206 Å². The first kappa shape index (κ1) is 28.1. The van der Waals surface area contributed by atoms with Gasteiger partial charge in [-0.25, -0.2) is 9.37 Å². The van der Waals surface area contributed by atoms with E-state index in [1.807, 2.05) is 13.8 Å². The molecule has 34 heavy (non-hydrogen) atoms. The largest absolute Gasteiger partial charge is 0.504 e. The van der Waals surface area contributed by atoms with Crippen molar-refractivity contribution in [3.63, 3.8) is 0 Å². The lowest BCUT2D eigenvalue weighted by Gasteiger charge is -2.26. The van der Waals surface area contributed by atoms with Crippen LogP contribution in [0.5, 0.6) is 17.2 Å². The minimum absolute atomic E-state index is 0.0617. The highest BCUT2D eigenvalue weighted by Crippen LogP contribution is 2.44. The van der Waals surface area contributed by atoms with E-state index in [1.54, 1.807) is 26.8 Å². The smallest absolute Gasteiger partial charge is 0.344 e. The quantitative estimate of drug-likeness (QED) is 0.169. The van der Waals surface area contributed by atoms with E-state index in [9.17, 15) is 24.3 Å². The molecule has 0 radical (unpaired) electrons. The Hall–Kier alpha value is -2.10. The number of phenolic OH excluding ortho intramolecular Hbond substituents is 1. The lowest BCUT2D eigenvalue weighted by molar-refractivity contribution is -0.152. The van der Waals surface area contributed by atoms with E-state index in [2.05, 4.69) is 4.98 Å². The summed E-state index contributed by atoms with van der Waals surface area (Å²) >= 11 is 12.2. The van der Waals surface area contributed by atoms with Gasteiger partial charge < -0.3 is 29.3 Å². The van der Waals surface area contributed by atoms with E-state index in [0.717, 1.165) is 5.56 Å². The maximum Gasteiger partial charge on any atom is 0.344 e. The zero-order valence-electron chi connectivity index (χ0n) is 19.2. The number of anilines is 1. The van der Waals surface area contributed by atoms with Crippen molar-refractivity contribution < 1.29 is 38.1 Å².